The SMILES string of the molecule is COCC(Nc1ccc(C(N)=O)cc1[N+](=O)[O-])C(=O)O. The van der Waals surface area contributed by atoms with Crippen LogP contribution in [0.15, 0.2) is 18.2 Å². The summed E-state index contributed by atoms with van der Waals surface area (Å²) in [5.41, 5.74) is 4.51. The van der Waals surface area contributed by atoms with Crippen LogP contribution in [0.1, 0.15) is 10.4 Å². The number of nitrogens with two attached hydrogens (primary N) is 1. The summed E-state index contributed by atoms with van der Waals surface area (Å²) in [5.74, 6) is -2.04. The van der Waals surface area contributed by atoms with Gasteiger partial charge in [0.05, 0.1) is 11.5 Å². The number of nitrogens with one attached hydrogen (secondary N) is 1. The Balaban J connectivity index is 3.13. The molecule has 0 aromatic heterocycles. The first-order chi connectivity index (χ1) is 9.36. The van der Waals surface area contributed by atoms with Crippen LogP contribution in [-0.2, 0) is 9.53 Å². The van der Waals surface area contributed by atoms with Crippen LogP contribution in [0, 0.1) is 10.1 Å². The van der Waals surface area contributed by atoms with Crippen molar-refractivity contribution in [2.24, 2.45) is 5.73 Å². The molecule has 0 aliphatic carbocycles. The molecular formula is C11H13N3O6. The lowest BCUT2D eigenvalue weighted by atomic mass is 10.1. The lowest BCUT2D eigenvalue weighted by Crippen LogP contribution is -2.33. The average Bonchev–Trinajstić information content (AvgIpc) is 2.37. The molecule has 0 saturated carbocycles. The first kappa shape index (κ1) is 15.4. The molecule has 0 aliphatic heterocycles. The fourth-order valence-electron chi connectivity index (χ4n) is 1.49. The van der Waals surface area contributed by atoms with Crippen LogP contribution in [-0.4, -0.2) is 41.7 Å². The maximum Gasteiger partial charge on any atom is 0.328 e. The van der Waals surface area contributed by atoms with Crippen molar-refractivity contribution in [3.05, 3.63) is 33.9 Å². The van der Waals surface area contributed by atoms with E-state index in [4.69, 9.17) is 15.6 Å². The van der Waals surface area contributed by atoms with Crippen LogP contribution in [0.4, 0.5) is 11.4 Å². The van der Waals surface area contributed by atoms with E-state index in [0.29, 0.717) is 0 Å². The highest BCUT2D eigenvalue weighted by Crippen LogP contribution is 2.26. The minimum Gasteiger partial charge on any atom is -0.480 e. The number of nitrogens with zero attached hydrogens (tertiary/aromatic N) is 1. The zero-order valence-electron chi connectivity index (χ0n) is 10.5. The molecule has 0 bridgehead atoms. The highest BCUT2D eigenvalue weighted by atomic mass is 16.6. The number of hydrogen-bond acceptors (Lipinski definition) is 6. The summed E-state index contributed by atoms with van der Waals surface area (Å²) in [6.45, 7) is -0.177. The zero-order valence-corrected chi connectivity index (χ0v) is 10.5. The molecule has 1 atom stereocenters. The molecule has 0 aliphatic rings. The van der Waals surface area contributed by atoms with Gasteiger partial charge in [0.1, 0.15) is 11.7 Å². The summed E-state index contributed by atoms with van der Waals surface area (Å²) in [4.78, 5) is 32.2. The van der Waals surface area contributed by atoms with Gasteiger partial charge in [-0.25, -0.2) is 4.79 Å². The molecule has 9 nitrogen and oxygen atoms in total. The molecule has 0 fully saturated rings. The van der Waals surface area contributed by atoms with E-state index in [9.17, 15) is 19.7 Å². The molecule has 1 rings (SSSR count). The number of rotatable bonds is 7. The first-order valence-corrected chi connectivity index (χ1v) is 5.43. The number of aliphatic carboxylic acids is 1. The minimum atomic E-state index is -1.22. The van der Waals surface area contributed by atoms with Crippen LogP contribution in [0.2, 0.25) is 0 Å². The fraction of sp³-hybridized carbons (Fsp3) is 0.273. The highest BCUT2D eigenvalue weighted by molar-refractivity contribution is 5.94. The van der Waals surface area contributed by atoms with Gasteiger partial charge in [-0.15, -0.1) is 0 Å². The van der Waals surface area contributed by atoms with Crippen molar-refractivity contribution < 1.29 is 24.4 Å². The van der Waals surface area contributed by atoms with Gasteiger partial charge in [-0.1, -0.05) is 0 Å². The summed E-state index contributed by atoms with van der Waals surface area (Å²) in [7, 11) is 1.31. The second-order valence-corrected chi connectivity index (χ2v) is 3.84. The van der Waals surface area contributed by atoms with Gasteiger partial charge >= 0.3 is 5.97 Å². The van der Waals surface area contributed by atoms with Crippen molar-refractivity contribution in [1.29, 1.82) is 0 Å². The van der Waals surface area contributed by atoms with E-state index >= 15 is 0 Å². The second kappa shape index (κ2) is 6.48. The normalized spacial score (nSPS) is 11.7. The topological polar surface area (TPSA) is 145 Å². The Bertz CT molecular complexity index is 545. The van der Waals surface area contributed by atoms with E-state index in [2.05, 4.69) is 5.32 Å². The fourth-order valence-corrected chi connectivity index (χ4v) is 1.49. The third kappa shape index (κ3) is 3.65. The third-order valence-electron chi connectivity index (χ3n) is 2.44. The number of carboxylic acid groups (broad SMARTS) is 1. The van der Waals surface area contributed by atoms with Crippen molar-refractivity contribution in [3.63, 3.8) is 0 Å². The molecule has 108 valence electrons. The van der Waals surface area contributed by atoms with Gasteiger partial charge in [0.15, 0.2) is 0 Å². The number of anilines is 1. The van der Waals surface area contributed by atoms with Gasteiger partial charge in [-0.2, -0.15) is 0 Å². The van der Waals surface area contributed by atoms with Crippen LogP contribution >= 0.6 is 0 Å². The number of carbonyl (C=O) groups is 2. The smallest absolute Gasteiger partial charge is 0.328 e. The van der Waals surface area contributed by atoms with Gasteiger partial charge in [-0.05, 0) is 12.1 Å². The van der Waals surface area contributed by atoms with Crippen LogP contribution < -0.4 is 11.1 Å². The molecule has 20 heavy (non-hydrogen) atoms. The number of nitro benzene ring substituents is 1. The van der Waals surface area contributed by atoms with E-state index in [1.165, 1.54) is 19.2 Å². The molecule has 1 aromatic rings. The zero-order chi connectivity index (χ0) is 15.3. The molecule has 9 heteroatoms. The molecule has 0 radical (unpaired) electrons. The molecule has 0 spiro atoms. The third-order valence-corrected chi connectivity index (χ3v) is 2.44. The largest absolute Gasteiger partial charge is 0.480 e. The van der Waals surface area contributed by atoms with Crippen molar-refractivity contribution >= 4 is 23.3 Å². The van der Waals surface area contributed by atoms with Crippen LogP contribution in [0.3, 0.4) is 0 Å². The number of amides is 1. The molecule has 4 N–H and O–H groups in total. The quantitative estimate of drug-likeness (QED) is 0.478. The maximum absolute atomic E-state index is 11.0. The predicted octanol–water partition coefficient (Wildman–Crippen LogP) is 0.205. The Morgan fingerprint density at radius 2 is 2.20 bits per heavy atom. The van der Waals surface area contributed by atoms with E-state index in [1.54, 1.807) is 0 Å². The number of benzene rings is 1. The van der Waals surface area contributed by atoms with Crippen molar-refractivity contribution in [2.45, 2.75) is 6.04 Å². The van der Waals surface area contributed by atoms with E-state index < -0.39 is 28.5 Å². The maximum atomic E-state index is 11.0. The Kier molecular flexibility index (Phi) is 4.98. The Labute approximate surface area is 113 Å². The average molecular weight is 283 g/mol. The molecule has 0 saturated heterocycles. The number of hydrogen-bond donors (Lipinski definition) is 3. The highest BCUT2D eigenvalue weighted by Gasteiger charge is 2.23. The molecular weight excluding hydrogens is 270 g/mol. The van der Waals surface area contributed by atoms with Gasteiger partial charge in [0.25, 0.3) is 5.69 Å². The lowest BCUT2D eigenvalue weighted by molar-refractivity contribution is -0.384. The predicted molar refractivity (Wildman–Crippen MR) is 68.5 cm³/mol. The number of methoxy groups -OCH3 is 1. The lowest BCUT2D eigenvalue weighted by Gasteiger charge is -2.15. The van der Waals surface area contributed by atoms with Gasteiger partial charge < -0.3 is 20.9 Å². The van der Waals surface area contributed by atoms with E-state index in [-0.39, 0.29) is 17.9 Å². The van der Waals surface area contributed by atoms with Gasteiger partial charge in [0.2, 0.25) is 5.91 Å². The molecule has 1 unspecified atom stereocenters. The van der Waals surface area contributed by atoms with Crippen molar-refractivity contribution in [3.8, 4) is 0 Å². The van der Waals surface area contributed by atoms with E-state index in [0.717, 1.165) is 6.07 Å². The van der Waals surface area contributed by atoms with Gasteiger partial charge in [-0.3, -0.25) is 14.9 Å². The molecule has 1 aromatic carbocycles. The summed E-state index contributed by atoms with van der Waals surface area (Å²) in [6, 6.07) is 2.32. The van der Waals surface area contributed by atoms with Crippen LogP contribution in [0.25, 0.3) is 0 Å². The Morgan fingerprint density at radius 1 is 1.55 bits per heavy atom. The Hall–Kier alpha value is -2.68. The number of carboxylic acids is 1. The van der Waals surface area contributed by atoms with E-state index in [1.807, 2.05) is 0 Å². The number of carbonyl (C=O) groups excluding carboxylic acids is 1. The Morgan fingerprint density at radius 3 is 2.65 bits per heavy atom. The summed E-state index contributed by atoms with van der Waals surface area (Å²) in [5, 5.41) is 22.4. The van der Waals surface area contributed by atoms with Crippen molar-refractivity contribution in [2.75, 3.05) is 19.0 Å². The standard InChI is InChI=1S/C11H13N3O6/c1-20-5-8(11(16)17)13-7-3-2-6(10(12)15)4-9(7)14(18)19/h2-4,8,13H,5H2,1H3,(H2,12,15)(H,16,17). The monoisotopic (exact) mass is 283 g/mol. The molecule has 0 heterocycles. The van der Waals surface area contributed by atoms with Crippen LogP contribution in [0.5, 0.6) is 0 Å². The minimum absolute atomic E-state index is 0.0375. The van der Waals surface area contributed by atoms with Crippen molar-refractivity contribution in [1.82, 2.24) is 0 Å². The summed E-state index contributed by atoms with van der Waals surface area (Å²) in [6.07, 6.45) is 0. The number of ether oxygens (including phenoxy) is 1. The molecule has 1 amide bonds. The number of nitro groups is 1. The summed E-state index contributed by atoms with van der Waals surface area (Å²) >= 11 is 0. The summed E-state index contributed by atoms with van der Waals surface area (Å²) < 4.78 is 4.71. The van der Waals surface area contributed by atoms with Gasteiger partial charge in [0, 0.05) is 18.7 Å². The number of primary amides is 1. The second-order valence-electron chi connectivity index (χ2n) is 3.84. The first-order valence-electron chi connectivity index (χ1n) is 5.43.